The van der Waals surface area contributed by atoms with Crippen LogP contribution in [0.1, 0.15) is 61.5 Å². The Labute approximate surface area is 221 Å². The molecule has 2 heterocycles. The predicted molar refractivity (Wildman–Crippen MR) is 137 cm³/mol. The Hall–Kier alpha value is -2.89. The lowest BCUT2D eigenvalue weighted by Gasteiger charge is -2.42. The molecule has 8 nitrogen and oxygen atoms in total. The summed E-state index contributed by atoms with van der Waals surface area (Å²) in [5, 5.41) is -0.760. The van der Waals surface area contributed by atoms with Crippen molar-refractivity contribution in [2.24, 2.45) is 5.73 Å². The average molecular weight is 550 g/mol. The molecule has 2 atom stereocenters. The molecule has 2 aliphatic heterocycles. The minimum absolute atomic E-state index is 0.0834. The molecule has 2 N–H and O–H groups in total. The van der Waals surface area contributed by atoms with E-state index in [-0.39, 0.29) is 55.6 Å². The zero-order chi connectivity index (χ0) is 27.7. The Kier molecular flexibility index (Phi) is 8.20. The van der Waals surface area contributed by atoms with Crippen LogP contribution >= 0.6 is 0 Å². The number of likely N-dealkylation sites (tertiary alicyclic amines) is 1. The first-order chi connectivity index (χ1) is 17.9. The van der Waals surface area contributed by atoms with Gasteiger partial charge < -0.3 is 15.4 Å². The van der Waals surface area contributed by atoms with Crippen LogP contribution in [0, 0.1) is 11.6 Å². The van der Waals surface area contributed by atoms with Crippen molar-refractivity contribution in [1.82, 2.24) is 9.21 Å². The number of primary amides is 1. The van der Waals surface area contributed by atoms with E-state index in [2.05, 4.69) is 0 Å². The molecule has 4 rings (SSSR count). The smallest absolute Gasteiger partial charge is 0.243 e. The van der Waals surface area contributed by atoms with Crippen LogP contribution in [0.3, 0.4) is 0 Å². The molecule has 2 fully saturated rings. The molecular weight excluding hydrogens is 516 g/mol. The van der Waals surface area contributed by atoms with Gasteiger partial charge in [-0.2, -0.15) is 4.31 Å². The number of piperidine rings is 1. The second kappa shape index (κ2) is 11.1. The normalized spacial score (nSPS) is 23.2. The van der Waals surface area contributed by atoms with E-state index in [0.29, 0.717) is 18.4 Å². The second-order valence-corrected chi connectivity index (χ2v) is 12.2. The molecule has 0 aromatic heterocycles. The summed E-state index contributed by atoms with van der Waals surface area (Å²) >= 11 is 0. The molecule has 2 unspecified atom stereocenters. The molecule has 0 spiro atoms. The van der Waals surface area contributed by atoms with Crippen molar-refractivity contribution in [3.8, 4) is 0 Å². The third kappa shape index (κ3) is 5.60. The molecule has 2 aliphatic rings. The van der Waals surface area contributed by atoms with Gasteiger partial charge in [0.1, 0.15) is 29.1 Å². The minimum Gasteiger partial charge on any atom is -0.368 e. The zero-order valence-electron chi connectivity index (χ0n) is 21.5. The van der Waals surface area contributed by atoms with Gasteiger partial charge in [0.15, 0.2) is 0 Å². The Morgan fingerprint density at radius 3 is 2.34 bits per heavy atom. The molecule has 206 valence electrons. The van der Waals surface area contributed by atoms with E-state index in [1.807, 2.05) is 6.07 Å². The van der Waals surface area contributed by atoms with Crippen molar-refractivity contribution in [3.05, 3.63) is 70.8 Å². The molecule has 2 amide bonds. The number of carbonyl (C=O) groups is 2. The van der Waals surface area contributed by atoms with Crippen LogP contribution in [0.15, 0.2) is 42.5 Å². The van der Waals surface area contributed by atoms with Gasteiger partial charge in [0.05, 0.1) is 0 Å². The summed E-state index contributed by atoms with van der Waals surface area (Å²) in [4.78, 5) is 24.8. The van der Waals surface area contributed by atoms with Gasteiger partial charge in [-0.15, -0.1) is 0 Å². The monoisotopic (exact) mass is 549 g/mol. The van der Waals surface area contributed by atoms with Gasteiger partial charge in [-0.3, -0.25) is 9.59 Å². The third-order valence-electron chi connectivity index (χ3n) is 7.66. The summed E-state index contributed by atoms with van der Waals surface area (Å²) in [6.07, 6.45) is 1.31. The standard InChI is InChI=1S/C27H33F2N3O5S/c1-18-8-9-25(20-6-4-3-5-7-20)38(35,36)32(18)16-21-14-24(29)22(15-23(21)28)27(37-17-26(30)34)10-12-31(13-11-27)19(2)33/h3-7,14-15,18,25H,8-13,16-17H2,1-2H3,(H2,30,34). The molecule has 11 heteroatoms. The number of rotatable bonds is 7. The van der Waals surface area contributed by atoms with Gasteiger partial charge in [0.25, 0.3) is 0 Å². The number of nitrogens with zero attached hydrogens (tertiary/aromatic N) is 2. The van der Waals surface area contributed by atoms with Crippen LogP contribution in [0.2, 0.25) is 0 Å². The van der Waals surface area contributed by atoms with Crippen molar-refractivity contribution in [1.29, 1.82) is 0 Å². The summed E-state index contributed by atoms with van der Waals surface area (Å²) in [5.74, 6) is -2.46. The second-order valence-electron chi connectivity index (χ2n) is 10.1. The van der Waals surface area contributed by atoms with E-state index < -0.39 is 45.0 Å². The minimum atomic E-state index is -3.84. The highest BCUT2D eigenvalue weighted by molar-refractivity contribution is 7.89. The lowest BCUT2D eigenvalue weighted by atomic mass is 9.83. The summed E-state index contributed by atoms with van der Waals surface area (Å²) in [7, 11) is -3.84. The first kappa shape index (κ1) is 28.1. The molecular formula is C27H33F2N3O5S. The van der Waals surface area contributed by atoms with Gasteiger partial charge in [-0.1, -0.05) is 30.3 Å². The number of sulfonamides is 1. The molecule has 2 aromatic rings. The number of ether oxygens (including phenoxy) is 1. The van der Waals surface area contributed by atoms with Crippen LogP contribution in [0.4, 0.5) is 8.78 Å². The van der Waals surface area contributed by atoms with Crippen LogP contribution in [-0.4, -0.2) is 55.2 Å². The number of carbonyl (C=O) groups excluding carboxylic acids is 2. The number of nitrogens with two attached hydrogens (primary N) is 1. The molecule has 0 bridgehead atoms. The SMILES string of the molecule is CC(=O)N1CCC(OCC(N)=O)(c2cc(F)c(CN3C(C)CCC(c4ccccc4)S3(=O)=O)cc2F)CC1. The number of amides is 2. The maximum absolute atomic E-state index is 15.6. The number of hydrogen-bond acceptors (Lipinski definition) is 5. The molecule has 2 saturated heterocycles. The Morgan fingerprint density at radius 1 is 1.08 bits per heavy atom. The van der Waals surface area contributed by atoms with Crippen molar-refractivity contribution >= 4 is 21.8 Å². The van der Waals surface area contributed by atoms with Gasteiger partial charge in [0, 0.05) is 43.7 Å². The van der Waals surface area contributed by atoms with Crippen LogP contribution in [0.25, 0.3) is 0 Å². The summed E-state index contributed by atoms with van der Waals surface area (Å²) in [6, 6.07) is 10.5. The average Bonchev–Trinajstić information content (AvgIpc) is 2.87. The molecule has 0 radical (unpaired) electrons. The highest BCUT2D eigenvalue weighted by Crippen LogP contribution is 2.41. The van der Waals surface area contributed by atoms with Crippen molar-refractivity contribution in [3.63, 3.8) is 0 Å². The molecule has 2 aromatic carbocycles. The fraction of sp³-hybridized carbons (Fsp3) is 0.481. The number of halogens is 2. The maximum atomic E-state index is 15.6. The Bertz CT molecular complexity index is 1300. The topological polar surface area (TPSA) is 110 Å². The number of hydrogen-bond donors (Lipinski definition) is 1. The lowest BCUT2D eigenvalue weighted by Crippen LogP contribution is -2.47. The largest absolute Gasteiger partial charge is 0.368 e. The zero-order valence-corrected chi connectivity index (χ0v) is 22.3. The van der Waals surface area contributed by atoms with Crippen LogP contribution in [0.5, 0.6) is 0 Å². The van der Waals surface area contributed by atoms with E-state index in [0.717, 1.165) is 12.1 Å². The highest BCUT2D eigenvalue weighted by Gasteiger charge is 2.43. The van der Waals surface area contributed by atoms with Gasteiger partial charge in [0.2, 0.25) is 21.8 Å². The van der Waals surface area contributed by atoms with Crippen molar-refractivity contribution in [2.45, 2.75) is 63.0 Å². The fourth-order valence-electron chi connectivity index (χ4n) is 5.46. The molecule has 38 heavy (non-hydrogen) atoms. The van der Waals surface area contributed by atoms with Crippen molar-refractivity contribution in [2.75, 3.05) is 19.7 Å². The third-order valence-corrected chi connectivity index (χ3v) is 10.0. The Balaban J connectivity index is 1.64. The van der Waals surface area contributed by atoms with Gasteiger partial charge >= 0.3 is 0 Å². The summed E-state index contributed by atoms with van der Waals surface area (Å²) in [6.45, 7) is 2.85. The van der Waals surface area contributed by atoms with Gasteiger partial charge in [-0.05, 0) is 50.3 Å². The summed E-state index contributed by atoms with van der Waals surface area (Å²) in [5.41, 5.74) is 4.38. The summed E-state index contributed by atoms with van der Waals surface area (Å²) < 4.78 is 65.2. The van der Waals surface area contributed by atoms with E-state index in [9.17, 15) is 18.0 Å². The maximum Gasteiger partial charge on any atom is 0.243 e. The van der Waals surface area contributed by atoms with Gasteiger partial charge in [-0.25, -0.2) is 17.2 Å². The van der Waals surface area contributed by atoms with E-state index in [4.69, 9.17) is 10.5 Å². The number of benzene rings is 2. The fourth-order valence-corrected chi connectivity index (χ4v) is 7.65. The first-order valence-electron chi connectivity index (χ1n) is 12.7. The van der Waals surface area contributed by atoms with E-state index >= 15 is 8.78 Å². The molecule has 0 saturated carbocycles. The van der Waals surface area contributed by atoms with E-state index in [1.165, 1.54) is 11.2 Å². The lowest BCUT2D eigenvalue weighted by molar-refractivity contribution is -0.144. The van der Waals surface area contributed by atoms with E-state index in [1.54, 1.807) is 36.1 Å². The van der Waals surface area contributed by atoms with Crippen LogP contribution in [-0.2, 0) is 36.5 Å². The van der Waals surface area contributed by atoms with Crippen LogP contribution < -0.4 is 5.73 Å². The van der Waals surface area contributed by atoms with Crippen molar-refractivity contribution < 1.29 is 31.5 Å². The quantitative estimate of drug-likeness (QED) is 0.570. The predicted octanol–water partition coefficient (Wildman–Crippen LogP) is 3.36. The Morgan fingerprint density at radius 2 is 1.74 bits per heavy atom. The highest BCUT2D eigenvalue weighted by atomic mass is 32.2. The molecule has 0 aliphatic carbocycles. The first-order valence-corrected chi connectivity index (χ1v) is 14.2.